The number of carbonyl (C=O) groups excluding carboxylic acids is 1. The highest BCUT2D eigenvalue weighted by Crippen LogP contribution is 2.42. The van der Waals surface area contributed by atoms with E-state index in [1.165, 1.54) is 44.2 Å². The van der Waals surface area contributed by atoms with E-state index in [2.05, 4.69) is 22.3 Å². The van der Waals surface area contributed by atoms with E-state index in [0.29, 0.717) is 18.8 Å². The highest BCUT2D eigenvalue weighted by atomic mass is 16.7. The third kappa shape index (κ3) is 4.93. The van der Waals surface area contributed by atoms with E-state index in [1.807, 2.05) is 36.4 Å². The average molecular weight is 435 g/mol. The van der Waals surface area contributed by atoms with Crippen LogP contribution in [0, 0.1) is 5.92 Å². The first-order valence-electron chi connectivity index (χ1n) is 12.2. The normalized spacial score (nSPS) is 23.8. The number of nitrogens with one attached hydrogen (secondary N) is 1. The van der Waals surface area contributed by atoms with Gasteiger partial charge in [0.15, 0.2) is 11.5 Å². The Balaban J connectivity index is 1.02. The van der Waals surface area contributed by atoms with Crippen molar-refractivity contribution in [2.45, 2.75) is 56.9 Å². The van der Waals surface area contributed by atoms with Crippen molar-refractivity contribution in [2.75, 3.05) is 26.4 Å². The third-order valence-corrected chi connectivity index (χ3v) is 7.53. The highest BCUT2D eigenvalue weighted by Gasteiger charge is 2.28. The van der Waals surface area contributed by atoms with Crippen LogP contribution >= 0.6 is 0 Å². The molecule has 1 amide bonds. The number of hydrogen-bond acceptors (Lipinski definition) is 4. The molecule has 1 saturated carbocycles. The zero-order chi connectivity index (χ0) is 21.8. The van der Waals surface area contributed by atoms with E-state index < -0.39 is 0 Å². The molecular formula is C27H34N2O3. The number of carbonyl (C=O) groups is 1. The summed E-state index contributed by atoms with van der Waals surface area (Å²) < 4.78 is 11.3. The summed E-state index contributed by atoms with van der Waals surface area (Å²) >= 11 is 0. The van der Waals surface area contributed by atoms with Gasteiger partial charge >= 0.3 is 0 Å². The van der Waals surface area contributed by atoms with E-state index in [9.17, 15) is 4.79 Å². The topological polar surface area (TPSA) is 50.8 Å². The Bertz CT molecular complexity index is 900. The molecule has 0 unspecified atom stereocenters. The van der Waals surface area contributed by atoms with Crippen molar-refractivity contribution in [3.05, 3.63) is 59.7 Å². The molecule has 5 rings (SSSR count). The predicted molar refractivity (Wildman–Crippen MR) is 125 cm³/mol. The first kappa shape index (κ1) is 21.3. The smallest absolute Gasteiger partial charge is 0.251 e. The molecule has 32 heavy (non-hydrogen) atoms. The molecule has 2 aromatic carbocycles. The molecule has 170 valence electrons. The van der Waals surface area contributed by atoms with Gasteiger partial charge in [0.05, 0.1) is 0 Å². The van der Waals surface area contributed by atoms with Crippen molar-refractivity contribution in [2.24, 2.45) is 5.92 Å². The Labute approximate surface area is 191 Å². The molecule has 2 heterocycles. The molecule has 5 heteroatoms. The summed E-state index contributed by atoms with van der Waals surface area (Å²) in [4.78, 5) is 15.0. The molecule has 5 nitrogen and oxygen atoms in total. The van der Waals surface area contributed by atoms with Gasteiger partial charge in [-0.05, 0) is 94.6 Å². The molecule has 0 spiro atoms. The standard InChI is InChI=1S/C27H34N2O3/c30-27(22-5-2-1-3-6-22)28-23-11-9-20(10-12-23)13-16-29-17-14-21(15-18-29)24-7-4-8-25-26(24)32-19-31-25/h1-8,20-21,23H,9-19H2,(H,28,30). The quantitative estimate of drug-likeness (QED) is 0.697. The summed E-state index contributed by atoms with van der Waals surface area (Å²) in [5.41, 5.74) is 2.09. The Morgan fingerprint density at radius 2 is 1.69 bits per heavy atom. The van der Waals surface area contributed by atoms with Crippen LogP contribution in [0.25, 0.3) is 0 Å². The monoisotopic (exact) mass is 434 g/mol. The van der Waals surface area contributed by atoms with Gasteiger partial charge in [0.25, 0.3) is 5.91 Å². The molecule has 1 aliphatic carbocycles. The second kappa shape index (κ2) is 9.95. The number of amides is 1. The van der Waals surface area contributed by atoms with Gasteiger partial charge < -0.3 is 19.7 Å². The molecule has 0 atom stereocenters. The Hall–Kier alpha value is -2.53. The summed E-state index contributed by atoms with van der Waals surface area (Å²) in [6.07, 6.45) is 8.32. The molecular weight excluding hydrogens is 400 g/mol. The number of piperidine rings is 1. The van der Waals surface area contributed by atoms with Crippen LogP contribution in [0.15, 0.2) is 48.5 Å². The molecule has 2 aromatic rings. The van der Waals surface area contributed by atoms with Crippen molar-refractivity contribution in [3.8, 4) is 11.5 Å². The summed E-state index contributed by atoms with van der Waals surface area (Å²) in [5.74, 6) is 3.31. The fourth-order valence-electron chi connectivity index (χ4n) is 5.56. The Kier molecular flexibility index (Phi) is 6.63. The maximum atomic E-state index is 12.4. The molecule has 3 aliphatic rings. The van der Waals surface area contributed by atoms with Gasteiger partial charge in [-0.15, -0.1) is 0 Å². The maximum Gasteiger partial charge on any atom is 0.251 e. The number of fused-ring (bicyclic) bond motifs is 1. The van der Waals surface area contributed by atoms with E-state index in [1.54, 1.807) is 0 Å². The van der Waals surface area contributed by atoms with Gasteiger partial charge in [0.2, 0.25) is 6.79 Å². The summed E-state index contributed by atoms with van der Waals surface area (Å²) in [7, 11) is 0. The van der Waals surface area contributed by atoms with Gasteiger partial charge in [-0.3, -0.25) is 4.79 Å². The molecule has 0 bridgehead atoms. The third-order valence-electron chi connectivity index (χ3n) is 7.53. The van der Waals surface area contributed by atoms with Crippen molar-refractivity contribution < 1.29 is 14.3 Å². The van der Waals surface area contributed by atoms with Gasteiger partial charge in [0.1, 0.15) is 0 Å². The van der Waals surface area contributed by atoms with Crippen LogP contribution in [-0.2, 0) is 0 Å². The van der Waals surface area contributed by atoms with E-state index in [4.69, 9.17) is 9.47 Å². The van der Waals surface area contributed by atoms with Crippen LogP contribution in [0.1, 0.15) is 66.8 Å². The summed E-state index contributed by atoms with van der Waals surface area (Å²) in [6, 6.07) is 16.2. The Morgan fingerprint density at radius 3 is 2.47 bits per heavy atom. The SMILES string of the molecule is O=C(NC1CCC(CCN2CCC(c3cccc4c3OCO4)CC2)CC1)c1ccccc1. The first-order chi connectivity index (χ1) is 15.8. The largest absolute Gasteiger partial charge is 0.454 e. The van der Waals surface area contributed by atoms with E-state index in [0.717, 1.165) is 48.9 Å². The van der Waals surface area contributed by atoms with Crippen LogP contribution in [0.4, 0.5) is 0 Å². The number of benzene rings is 2. The van der Waals surface area contributed by atoms with Crippen molar-refractivity contribution in [1.82, 2.24) is 10.2 Å². The second-order valence-corrected chi connectivity index (χ2v) is 9.54. The molecule has 0 radical (unpaired) electrons. The second-order valence-electron chi connectivity index (χ2n) is 9.54. The van der Waals surface area contributed by atoms with Crippen LogP contribution in [0.3, 0.4) is 0 Å². The number of rotatable bonds is 6. The Morgan fingerprint density at radius 1 is 0.906 bits per heavy atom. The zero-order valence-corrected chi connectivity index (χ0v) is 18.8. The number of likely N-dealkylation sites (tertiary alicyclic amines) is 1. The van der Waals surface area contributed by atoms with Crippen molar-refractivity contribution in [3.63, 3.8) is 0 Å². The van der Waals surface area contributed by atoms with E-state index in [-0.39, 0.29) is 5.91 Å². The summed E-state index contributed by atoms with van der Waals surface area (Å²) in [6.45, 7) is 3.88. The van der Waals surface area contributed by atoms with Crippen LogP contribution in [-0.4, -0.2) is 43.3 Å². The number of ether oxygens (including phenoxy) is 2. The lowest BCUT2D eigenvalue weighted by Crippen LogP contribution is -2.38. The minimum absolute atomic E-state index is 0.0675. The minimum atomic E-state index is 0.0675. The van der Waals surface area contributed by atoms with Gasteiger partial charge in [-0.25, -0.2) is 0 Å². The van der Waals surface area contributed by atoms with Gasteiger partial charge in [-0.2, -0.15) is 0 Å². The molecule has 2 aliphatic heterocycles. The molecule has 0 aromatic heterocycles. The van der Waals surface area contributed by atoms with Crippen molar-refractivity contribution in [1.29, 1.82) is 0 Å². The van der Waals surface area contributed by atoms with Gasteiger partial charge in [0, 0.05) is 17.2 Å². The van der Waals surface area contributed by atoms with Crippen LogP contribution in [0.5, 0.6) is 11.5 Å². The summed E-state index contributed by atoms with van der Waals surface area (Å²) in [5, 5.41) is 3.23. The molecule has 1 saturated heterocycles. The maximum absolute atomic E-state index is 12.4. The lowest BCUT2D eigenvalue weighted by molar-refractivity contribution is 0.0919. The lowest BCUT2D eigenvalue weighted by Gasteiger charge is -2.34. The molecule has 1 N–H and O–H groups in total. The van der Waals surface area contributed by atoms with Gasteiger partial charge in [-0.1, -0.05) is 30.3 Å². The fourth-order valence-corrected chi connectivity index (χ4v) is 5.56. The first-order valence-corrected chi connectivity index (χ1v) is 12.2. The number of hydrogen-bond donors (Lipinski definition) is 1. The number of nitrogens with zero attached hydrogens (tertiary/aromatic N) is 1. The lowest BCUT2D eigenvalue weighted by atomic mass is 9.83. The zero-order valence-electron chi connectivity index (χ0n) is 18.8. The van der Waals surface area contributed by atoms with E-state index >= 15 is 0 Å². The number of para-hydroxylation sites is 1. The minimum Gasteiger partial charge on any atom is -0.454 e. The van der Waals surface area contributed by atoms with Crippen molar-refractivity contribution >= 4 is 5.91 Å². The predicted octanol–water partition coefficient (Wildman–Crippen LogP) is 4.97. The fraction of sp³-hybridized carbons (Fsp3) is 0.519. The van der Waals surface area contributed by atoms with Crippen LogP contribution in [0.2, 0.25) is 0 Å². The highest BCUT2D eigenvalue weighted by molar-refractivity contribution is 5.94. The average Bonchev–Trinajstić information content (AvgIpc) is 3.34. The van der Waals surface area contributed by atoms with Crippen LogP contribution < -0.4 is 14.8 Å². The molecule has 2 fully saturated rings.